The number of hydrogen-bond acceptors (Lipinski definition) is 6. The Bertz CT molecular complexity index is 723. The van der Waals surface area contributed by atoms with Crippen LogP contribution in [0.2, 0.25) is 0 Å². The molecule has 1 saturated heterocycles. The van der Waals surface area contributed by atoms with E-state index in [-0.39, 0.29) is 5.91 Å². The summed E-state index contributed by atoms with van der Waals surface area (Å²) in [7, 11) is 1.64. The molecule has 1 fully saturated rings. The Morgan fingerprint density at radius 1 is 1.23 bits per heavy atom. The van der Waals surface area contributed by atoms with Crippen LogP contribution in [0, 0.1) is 0 Å². The van der Waals surface area contributed by atoms with Gasteiger partial charge in [0.1, 0.15) is 5.75 Å². The zero-order valence-electron chi connectivity index (χ0n) is 15.5. The normalized spacial score (nSPS) is 20.2. The molecule has 7 nitrogen and oxygen atoms in total. The molecule has 26 heavy (non-hydrogen) atoms. The number of methoxy groups -OCH3 is 1. The van der Waals surface area contributed by atoms with Crippen molar-refractivity contribution < 1.29 is 9.53 Å². The van der Waals surface area contributed by atoms with Crippen LogP contribution in [-0.2, 0) is 11.3 Å². The largest absolute Gasteiger partial charge is 0.497 e. The maximum atomic E-state index is 12.7. The molecule has 0 saturated carbocycles. The predicted octanol–water partition coefficient (Wildman–Crippen LogP) is 2.61. The highest BCUT2D eigenvalue weighted by Gasteiger charge is 2.29. The second kappa shape index (κ2) is 8.53. The topological polar surface area (TPSA) is 73.1 Å². The van der Waals surface area contributed by atoms with Crippen LogP contribution in [0.3, 0.4) is 0 Å². The highest BCUT2D eigenvalue weighted by Crippen LogP contribution is 2.25. The van der Waals surface area contributed by atoms with Crippen LogP contribution >= 0.6 is 11.8 Å². The second-order valence-corrected chi connectivity index (χ2v) is 7.63. The Labute approximate surface area is 158 Å². The van der Waals surface area contributed by atoms with Crippen molar-refractivity contribution in [1.29, 1.82) is 0 Å². The average molecular weight is 375 g/mol. The molecule has 2 unspecified atom stereocenters. The van der Waals surface area contributed by atoms with E-state index in [1.54, 1.807) is 11.8 Å². The van der Waals surface area contributed by atoms with Crippen LogP contribution in [0.25, 0.3) is 0 Å². The maximum absolute atomic E-state index is 12.7. The van der Waals surface area contributed by atoms with Crippen molar-refractivity contribution in [3.63, 3.8) is 0 Å². The van der Waals surface area contributed by atoms with Gasteiger partial charge in [0.05, 0.1) is 19.4 Å². The number of aromatic nitrogens is 4. The van der Waals surface area contributed by atoms with Gasteiger partial charge in [-0.2, -0.15) is 0 Å². The fourth-order valence-corrected chi connectivity index (χ4v) is 4.16. The number of thioether (sulfide) groups is 1. The van der Waals surface area contributed by atoms with Gasteiger partial charge in [-0.25, -0.2) is 4.68 Å². The van der Waals surface area contributed by atoms with Crippen molar-refractivity contribution in [2.75, 3.05) is 12.9 Å². The summed E-state index contributed by atoms with van der Waals surface area (Å²) in [6.07, 6.45) is 3.35. The maximum Gasteiger partial charge on any atom is 0.233 e. The van der Waals surface area contributed by atoms with Crippen molar-refractivity contribution in [2.24, 2.45) is 0 Å². The number of likely N-dealkylation sites (tertiary alicyclic amines) is 1. The van der Waals surface area contributed by atoms with Crippen LogP contribution in [0.5, 0.6) is 5.75 Å². The van der Waals surface area contributed by atoms with Crippen molar-refractivity contribution in [3.8, 4) is 5.75 Å². The first-order valence-electron chi connectivity index (χ1n) is 8.91. The number of ether oxygens (including phenoxy) is 1. The van der Waals surface area contributed by atoms with Gasteiger partial charge in [0, 0.05) is 12.1 Å². The van der Waals surface area contributed by atoms with E-state index in [0.717, 1.165) is 24.2 Å². The van der Waals surface area contributed by atoms with Gasteiger partial charge >= 0.3 is 0 Å². The summed E-state index contributed by atoms with van der Waals surface area (Å²) in [5.41, 5.74) is 1.07. The number of carbonyl (C=O) groups is 1. The summed E-state index contributed by atoms with van der Waals surface area (Å²) in [5, 5.41) is 12.5. The third kappa shape index (κ3) is 4.35. The van der Waals surface area contributed by atoms with E-state index in [1.807, 2.05) is 29.2 Å². The number of carbonyl (C=O) groups excluding carboxylic acids is 1. The number of piperidine rings is 1. The molecule has 2 aromatic rings. The minimum absolute atomic E-state index is 0.161. The minimum Gasteiger partial charge on any atom is -0.497 e. The van der Waals surface area contributed by atoms with Gasteiger partial charge in [-0.05, 0) is 61.2 Å². The van der Waals surface area contributed by atoms with Crippen LogP contribution in [0.1, 0.15) is 38.7 Å². The van der Waals surface area contributed by atoms with E-state index in [4.69, 9.17) is 4.74 Å². The van der Waals surface area contributed by atoms with Gasteiger partial charge < -0.3 is 9.64 Å². The van der Waals surface area contributed by atoms with E-state index in [1.165, 1.54) is 18.2 Å². The molecule has 0 bridgehead atoms. The fourth-order valence-electron chi connectivity index (χ4n) is 3.42. The summed E-state index contributed by atoms with van der Waals surface area (Å²) in [6.45, 7) is 4.82. The summed E-state index contributed by atoms with van der Waals surface area (Å²) in [5.74, 6) is 1.33. The molecular formula is C18H25N5O2S. The lowest BCUT2D eigenvalue weighted by atomic mass is 9.98. The Hall–Kier alpha value is -2.09. The Balaban J connectivity index is 1.60. The zero-order chi connectivity index (χ0) is 18.5. The molecule has 3 rings (SSSR count). The molecule has 8 heteroatoms. The van der Waals surface area contributed by atoms with Crippen LogP contribution < -0.4 is 4.74 Å². The number of amides is 1. The highest BCUT2D eigenvalue weighted by atomic mass is 32.2. The van der Waals surface area contributed by atoms with Gasteiger partial charge in [-0.3, -0.25) is 4.79 Å². The molecule has 1 aliphatic heterocycles. The van der Waals surface area contributed by atoms with Crippen molar-refractivity contribution in [3.05, 3.63) is 29.8 Å². The molecule has 1 aliphatic rings. The number of rotatable bonds is 6. The molecule has 2 heterocycles. The molecule has 1 amide bonds. The third-order valence-electron chi connectivity index (χ3n) is 4.80. The number of nitrogens with zero attached hydrogens (tertiary/aromatic N) is 5. The minimum atomic E-state index is 0.161. The zero-order valence-corrected chi connectivity index (χ0v) is 16.3. The summed E-state index contributed by atoms with van der Waals surface area (Å²) in [4.78, 5) is 14.7. The second-order valence-electron chi connectivity index (χ2n) is 6.69. The summed E-state index contributed by atoms with van der Waals surface area (Å²) < 4.78 is 6.90. The van der Waals surface area contributed by atoms with Crippen molar-refractivity contribution >= 4 is 17.7 Å². The molecule has 0 spiro atoms. The van der Waals surface area contributed by atoms with Crippen LogP contribution in [0.15, 0.2) is 29.4 Å². The van der Waals surface area contributed by atoms with Gasteiger partial charge in [-0.1, -0.05) is 23.9 Å². The number of benzene rings is 1. The van der Waals surface area contributed by atoms with Crippen LogP contribution in [0.4, 0.5) is 0 Å². The standard InChI is InChI=1S/C18H25N5O2S/c1-13-5-4-6-14(2)23(13)17(24)12-26-18-19-20-21-22(18)11-15-7-9-16(25-3)10-8-15/h7-10,13-14H,4-6,11-12H2,1-3H3. The summed E-state index contributed by atoms with van der Waals surface area (Å²) >= 11 is 1.40. The highest BCUT2D eigenvalue weighted by molar-refractivity contribution is 7.99. The monoisotopic (exact) mass is 375 g/mol. The van der Waals surface area contributed by atoms with E-state index < -0.39 is 0 Å². The Morgan fingerprint density at radius 2 is 1.92 bits per heavy atom. The van der Waals surface area contributed by atoms with E-state index in [0.29, 0.717) is 29.5 Å². The quantitative estimate of drug-likeness (QED) is 0.723. The molecule has 0 radical (unpaired) electrons. The van der Waals surface area contributed by atoms with Gasteiger partial charge in [0.2, 0.25) is 11.1 Å². The fraction of sp³-hybridized carbons (Fsp3) is 0.556. The van der Waals surface area contributed by atoms with Crippen molar-refractivity contribution in [2.45, 2.75) is 56.9 Å². The molecule has 1 aromatic carbocycles. The first kappa shape index (κ1) is 18.7. The smallest absolute Gasteiger partial charge is 0.233 e. The lowest BCUT2D eigenvalue weighted by Gasteiger charge is -2.39. The van der Waals surface area contributed by atoms with Crippen LogP contribution in [-0.4, -0.2) is 56.0 Å². The number of tetrazole rings is 1. The Kier molecular flexibility index (Phi) is 6.13. The molecule has 0 aliphatic carbocycles. The average Bonchev–Trinajstić information content (AvgIpc) is 3.07. The van der Waals surface area contributed by atoms with Gasteiger partial charge in [0.25, 0.3) is 0 Å². The van der Waals surface area contributed by atoms with Gasteiger partial charge in [0.15, 0.2) is 0 Å². The molecule has 1 aromatic heterocycles. The van der Waals surface area contributed by atoms with Crippen molar-refractivity contribution in [1.82, 2.24) is 25.1 Å². The lowest BCUT2D eigenvalue weighted by Crippen LogP contribution is -2.48. The third-order valence-corrected chi connectivity index (χ3v) is 5.74. The molecule has 0 N–H and O–H groups in total. The molecule has 140 valence electrons. The number of hydrogen-bond donors (Lipinski definition) is 0. The molecular weight excluding hydrogens is 350 g/mol. The first-order chi connectivity index (χ1) is 12.6. The van der Waals surface area contributed by atoms with E-state index >= 15 is 0 Å². The first-order valence-corrected chi connectivity index (χ1v) is 9.90. The summed E-state index contributed by atoms with van der Waals surface area (Å²) in [6, 6.07) is 8.41. The lowest BCUT2D eigenvalue weighted by molar-refractivity contribution is -0.134. The van der Waals surface area contributed by atoms with Gasteiger partial charge in [-0.15, -0.1) is 5.10 Å². The van der Waals surface area contributed by atoms with E-state index in [9.17, 15) is 4.79 Å². The van der Waals surface area contributed by atoms with E-state index in [2.05, 4.69) is 29.4 Å². The Morgan fingerprint density at radius 3 is 2.58 bits per heavy atom. The molecule has 2 atom stereocenters. The SMILES string of the molecule is COc1ccc(Cn2nnnc2SCC(=O)N2C(C)CCCC2C)cc1. The predicted molar refractivity (Wildman–Crippen MR) is 100 cm³/mol.